The lowest BCUT2D eigenvalue weighted by molar-refractivity contribution is -0.274. The van der Waals surface area contributed by atoms with Gasteiger partial charge in [0.25, 0.3) is 0 Å². The molecule has 0 bridgehead atoms. The van der Waals surface area contributed by atoms with E-state index in [1.807, 2.05) is 0 Å². The van der Waals surface area contributed by atoms with Gasteiger partial charge in [-0.2, -0.15) is 0 Å². The maximum Gasteiger partial charge on any atom is 0.573 e. The molecule has 0 fully saturated rings. The van der Waals surface area contributed by atoms with Gasteiger partial charge in [-0.05, 0) is 31.5 Å². The first-order valence-corrected chi connectivity index (χ1v) is 7.96. The van der Waals surface area contributed by atoms with Crippen LogP contribution in [0.2, 0.25) is 0 Å². The molecule has 0 aliphatic rings. The molecule has 0 aliphatic heterocycles. The number of nitrogens with one attached hydrogen (secondary N) is 2. The number of hydrogen-bond acceptors (Lipinski definition) is 2. The molecule has 2 amide bonds. The molecule has 2 N–H and O–H groups in total. The zero-order valence-electron chi connectivity index (χ0n) is 14.2. The van der Waals surface area contributed by atoms with Crippen molar-refractivity contribution in [2.75, 3.05) is 0 Å². The number of amides is 2. The SMILES string of the molecule is CC(Cc1c(F)cccc1F)NC(=O)NCc1ccccc1OC(F)(F)F. The highest BCUT2D eigenvalue weighted by atomic mass is 19.4. The fourth-order valence-corrected chi connectivity index (χ4v) is 2.41. The summed E-state index contributed by atoms with van der Waals surface area (Å²) in [6.45, 7) is 1.32. The Morgan fingerprint density at radius 2 is 1.70 bits per heavy atom. The van der Waals surface area contributed by atoms with Crippen molar-refractivity contribution in [3.05, 3.63) is 65.2 Å². The summed E-state index contributed by atoms with van der Waals surface area (Å²) in [5.74, 6) is -1.86. The Kier molecular flexibility index (Phi) is 6.59. The number of para-hydroxylation sites is 1. The Hall–Kier alpha value is -2.84. The summed E-state index contributed by atoms with van der Waals surface area (Å²) in [5.41, 5.74) is -0.0352. The predicted molar refractivity (Wildman–Crippen MR) is 88.0 cm³/mol. The molecule has 1 atom stereocenters. The number of benzene rings is 2. The molecule has 0 spiro atoms. The summed E-state index contributed by atoms with van der Waals surface area (Å²) < 4.78 is 68.3. The summed E-state index contributed by atoms with van der Waals surface area (Å²) in [7, 11) is 0. The number of ether oxygens (including phenoxy) is 1. The van der Waals surface area contributed by atoms with Gasteiger partial charge in [-0.25, -0.2) is 13.6 Å². The van der Waals surface area contributed by atoms with Gasteiger partial charge in [-0.3, -0.25) is 0 Å². The Bertz CT molecular complexity index is 775. The summed E-state index contributed by atoms with van der Waals surface area (Å²) in [6, 6.07) is 7.53. The normalized spacial score (nSPS) is 12.4. The minimum Gasteiger partial charge on any atom is -0.405 e. The molecule has 2 rings (SSSR count). The third-order valence-electron chi connectivity index (χ3n) is 3.59. The minimum atomic E-state index is -4.85. The van der Waals surface area contributed by atoms with Crippen LogP contribution in [0.1, 0.15) is 18.1 Å². The number of carbonyl (C=O) groups excluding carboxylic acids is 1. The Labute approximate surface area is 152 Å². The molecular weight excluding hydrogens is 371 g/mol. The van der Waals surface area contributed by atoms with E-state index in [0.29, 0.717) is 0 Å². The van der Waals surface area contributed by atoms with Gasteiger partial charge < -0.3 is 15.4 Å². The lowest BCUT2D eigenvalue weighted by Gasteiger charge is -2.17. The Balaban J connectivity index is 1.91. The molecule has 0 saturated heterocycles. The topological polar surface area (TPSA) is 50.4 Å². The summed E-state index contributed by atoms with van der Waals surface area (Å²) in [6.07, 6.45) is -4.93. The first kappa shape index (κ1) is 20.5. The van der Waals surface area contributed by atoms with E-state index in [-0.39, 0.29) is 24.1 Å². The van der Waals surface area contributed by atoms with Crippen molar-refractivity contribution >= 4 is 6.03 Å². The average Bonchev–Trinajstić information content (AvgIpc) is 2.56. The second kappa shape index (κ2) is 8.70. The van der Waals surface area contributed by atoms with Crippen LogP contribution in [-0.4, -0.2) is 18.4 Å². The fraction of sp³-hybridized carbons (Fsp3) is 0.278. The van der Waals surface area contributed by atoms with Gasteiger partial charge in [-0.1, -0.05) is 24.3 Å². The van der Waals surface area contributed by atoms with E-state index in [4.69, 9.17) is 0 Å². The predicted octanol–water partition coefficient (Wildman–Crippen LogP) is 4.29. The van der Waals surface area contributed by atoms with Crippen molar-refractivity contribution in [3.63, 3.8) is 0 Å². The molecule has 0 radical (unpaired) electrons. The van der Waals surface area contributed by atoms with Gasteiger partial charge >= 0.3 is 12.4 Å². The van der Waals surface area contributed by atoms with Crippen LogP contribution in [0.15, 0.2) is 42.5 Å². The van der Waals surface area contributed by atoms with Crippen molar-refractivity contribution in [1.29, 1.82) is 0 Å². The van der Waals surface area contributed by atoms with Crippen LogP contribution >= 0.6 is 0 Å². The molecule has 27 heavy (non-hydrogen) atoms. The van der Waals surface area contributed by atoms with Crippen LogP contribution in [0.4, 0.5) is 26.7 Å². The zero-order valence-corrected chi connectivity index (χ0v) is 14.2. The van der Waals surface area contributed by atoms with Gasteiger partial charge in [0.2, 0.25) is 0 Å². The number of hydrogen-bond donors (Lipinski definition) is 2. The number of halogens is 5. The van der Waals surface area contributed by atoms with E-state index in [0.717, 1.165) is 18.2 Å². The van der Waals surface area contributed by atoms with Gasteiger partial charge in [0.15, 0.2) is 0 Å². The van der Waals surface area contributed by atoms with E-state index in [2.05, 4.69) is 15.4 Å². The van der Waals surface area contributed by atoms with Crippen LogP contribution < -0.4 is 15.4 Å². The van der Waals surface area contributed by atoms with Crippen LogP contribution in [0.5, 0.6) is 5.75 Å². The molecule has 0 aromatic heterocycles. The number of alkyl halides is 3. The van der Waals surface area contributed by atoms with Gasteiger partial charge in [0.05, 0.1) is 0 Å². The highest BCUT2D eigenvalue weighted by molar-refractivity contribution is 5.74. The van der Waals surface area contributed by atoms with Crippen molar-refractivity contribution in [2.45, 2.75) is 32.3 Å². The van der Waals surface area contributed by atoms with Crippen molar-refractivity contribution in [3.8, 4) is 5.75 Å². The molecule has 4 nitrogen and oxygen atoms in total. The second-order valence-corrected chi connectivity index (χ2v) is 5.79. The van der Waals surface area contributed by atoms with Crippen LogP contribution in [0.3, 0.4) is 0 Å². The molecular formula is C18H17F5N2O2. The summed E-state index contributed by atoms with van der Waals surface area (Å²) >= 11 is 0. The Morgan fingerprint density at radius 3 is 2.33 bits per heavy atom. The highest BCUT2D eigenvalue weighted by Crippen LogP contribution is 2.26. The molecule has 0 saturated carbocycles. The van der Waals surface area contributed by atoms with Crippen molar-refractivity contribution in [1.82, 2.24) is 10.6 Å². The van der Waals surface area contributed by atoms with E-state index in [9.17, 15) is 26.7 Å². The summed E-state index contributed by atoms with van der Waals surface area (Å²) in [5, 5.41) is 4.86. The fourth-order valence-electron chi connectivity index (χ4n) is 2.41. The quantitative estimate of drug-likeness (QED) is 0.726. The molecule has 0 heterocycles. The smallest absolute Gasteiger partial charge is 0.405 e. The lowest BCUT2D eigenvalue weighted by atomic mass is 10.1. The van der Waals surface area contributed by atoms with Crippen LogP contribution in [0.25, 0.3) is 0 Å². The maximum atomic E-state index is 13.6. The highest BCUT2D eigenvalue weighted by Gasteiger charge is 2.32. The molecule has 146 valence electrons. The van der Waals surface area contributed by atoms with E-state index in [1.165, 1.54) is 24.3 Å². The first-order chi connectivity index (χ1) is 12.7. The van der Waals surface area contributed by atoms with E-state index >= 15 is 0 Å². The summed E-state index contributed by atoms with van der Waals surface area (Å²) in [4.78, 5) is 11.9. The van der Waals surface area contributed by atoms with E-state index < -0.39 is 35.8 Å². The number of urea groups is 1. The average molecular weight is 388 g/mol. The standard InChI is InChI=1S/C18H17F5N2O2/c1-11(9-13-14(19)6-4-7-15(13)20)25-17(26)24-10-12-5-2-3-8-16(12)27-18(21,22)23/h2-8,11H,9-10H2,1H3,(H2,24,25,26). The van der Waals surface area contributed by atoms with Gasteiger partial charge in [0.1, 0.15) is 17.4 Å². The third kappa shape index (κ3) is 6.43. The van der Waals surface area contributed by atoms with Gasteiger partial charge in [0, 0.05) is 23.7 Å². The first-order valence-electron chi connectivity index (χ1n) is 7.96. The van der Waals surface area contributed by atoms with Crippen molar-refractivity contribution < 1.29 is 31.5 Å². The maximum absolute atomic E-state index is 13.6. The van der Waals surface area contributed by atoms with Crippen LogP contribution in [0, 0.1) is 11.6 Å². The molecule has 0 aliphatic carbocycles. The second-order valence-electron chi connectivity index (χ2n) is 5.79. The van der Waals surface area contributed by atoms with Crippen molar-refractivity contribution in [2.24, 2.45) is 0 Å². The monoisotopic (exact) mass is 388 g/mol. The molecule has 2 aromatic carbocycles. The van der Waals surface area contributed by atoms with Gasteiger partial charge in [-0.15, -0.1) is 13.2 Å². The third-order valence-corrected chi connectivity index (χ3v) is 3.59. The molecule has 2 aromatic rings. The Morgan fingerprint density at radius 1 is 1.07 bits per heavy atom. The number of carbonyl (C=O) groups is 1. The lowest BCUT2D eigenvalue weighted by Crippen LogP contribution is -2.41. The molecule has 9 heteroatoms. The van der Waals surface area contributed by atoms with E-state index in [1.54, 1.807) is 6.92 Å². The van der Waals surface area contributed by atoms with Crippen LogP contribution in [-0.2, 0) is 13.0 Å². The number of rotatable bonds is 6. The largest absolute Gasteiger partial charge is 0.573 e. The zero-order chi connectivity index (χ0) is 20.0. The minimum absolute atomic E-state index is 0.0836. The molecule has 1 unspecified atom stereocenters.